The number of amidine groups is 1. The highest BCUT2D eigenvalue weighted by Gasteiger charge is 2.33. The van der Waals surface area contributed by atoms with Gasteiger partial charge in [0.15, 0.2) is 0 Å². The molecule has 1 aliphatic heterocycles. The van der Waals surface area contributed by atoms with Crippen molar-refractivity contribution in [3.8, 4) is 11.5 Å². The Morgan fingerprint density at radius 1 is 1.11 bits per heavy atom. The van der Waals surface area contributed by atoms with Crippen LogP contribution in [0.3, 0.4) is 0 Å². The van der Waals surface area contributed by atoms with E-state index < -0.39 is 22.7 Å². The second kappa shape index (κ2) is 10.6. The largest absolute Gasteiger partial charge is 0.457 e. The van der Waals surface area contributed by atoms with E-state index in [4.69, 9.17) is 16.3 Å². The molecule has 0 fully saturated rings. The molecule has 35 heavy (non-hydrogen) atoms. The van der Waals surface area contributed by atoms with E-state index in [1.807, 2.05) is 0 Å². The third-order valence-electron chi connectivity index (χ3n) is 4.93. The Morgan fingerprint density at radius 3 is 2.71 bits per heavy atom. The molecule has 2 N–H and O–H groups in total. The molecule has 180 valence electrons. The maximum absolute atomic E-state index is 13.0. The van der Waals surface area contributed by atoms with Gasteiger partial charge in [0.25, 0.3) is 0 Å². The topological polar surface area (TPSA) is 75.6 Å². The average molecular weight is 501 g/mol. The van der Waals surface area contributed by atoms with Crippen LogP contribution in [0.1, 0.15) is 23.2 Å². The van der Waals surface area contributed by atoms with Gasteiger partial charge in [0.05, 0.1) is 10.6 Å². The average Bonchev–Trinajstić information content (AvgIpc) is 2.84. The summed E-state index contributed by atoms with van der Waals surface area (Å²) in [5, 5.41) is 5.18. The second-order valence-corrected chi connectivity index (χ2v) is 7.98. The van der Waals surface area contributed by atoms with Crippen LogP contribution in [0.25, 0.3) is 6.08 Å². The van der Waals surface area contributed by atoms with Gasteiger partial charge in [-0.1, -0.05) is 23.7 Å². The second-order valence-electron chi connectivity index (χ2n) is 7.58. The first kappa shape index (κ1) is 24.3. The molecule has 0 atom stereocenters. The zero-order chi connectivity index (χ0) is 24.8. The minimum absolute atomic E-state index is 0.0148. The van der Waals surface area contributed by atoms with Gasteiger partial charge in [-0.3, -0.25) is 14.8 Å². The van der Waals surface area contributed by atoms with Crippen molar-refractivity contribution in [3.05, 3.63) is 88.7 Å². The summed E-state index contributed by atoms with van der Waals surface area (Å²) in [5.41, 5.74) is 0.318. The van der Waals surface area contributed by atoms with Crippen LogP contribution in [0.5, 0.6) is 11.5 Å². The fraction of sp³-hybridized carbons (Fsp3) is 0.160. The summed E-state index contributed by atoms with van der Waals surface area (Å²) >= 11 is 5.61. The molecule has 0 aliphatic carbocycles. The summed E-state index contributed by atoms with van der Waals surface area (Å²) in [6.07, 6.45) is 0.745. The number of alkyl halides is 3. The zero-order valence-corrected chi connectivity index (χ0v) is 19.0. The summed E-state index contributed by atoms with van der Waals surface area (Å²) in [5.74, 6) is 1.25. The Balaban J connectivity index is 1.42. The van der Waals surface area contributed by atoms with Crippen molar-refractivity contribution in [2.24, 2.45) is 4.99 Å². The van der Waals surface area contributed by atoms with Gasteiger partial charge in [-0.2, -0.15) is 13.2 Å². The number of anilines is 1. The van der Waals surface area contributed by atoms with Gasteiger partial charge in [0, 0.05) is 37.1 Å². The van der Waals surface area contributed by atoms with Crippen LogP contribution >= 0.6 is 11.6 Å². The molecule has 0 unspecified atom stereocenters. The van der Waals surface area contributed by atoms with Crippen molar-refractivity contribution >= 4 is 35.1 Å². The normalized spacial score (nSPS) is 13.8. The van der Waals surface area contributed by atoms with E-state index >= 15 is 0 Å². The van der Waals surface area contributed by atoms with Crippen LogP contribution < -0.4 is 15.4 Å². The molecule has 10 heteroatoms. The number of carbonyl (C=O) groups is 1. The van der Waals surface area contributed by atoms with Crippen LogP contribution in [-0.2, 0) is 11.0 Å². The Bertz CT molecular complexity index is 1290. The number of amides is 1. The van der Waals surface area contributed by atoms with Gasteiger partial charge in [0.1, 0.15) is 23.0 Å². The first-order valence-corrected chi connectivity index (χ1v) is 11.0. The summed E-state index contributed by atoms with van der Waals surface area (Å²) in [4.78, 5) is 21.0. The minimum Gasteiger partial charge on any atom is -0.457 e. The highest BCUT2D eigenvalue weighted by molar-refractivity contribution is 6.31. The first-order chi connectivity index (χ1) is 16.8. The molecule has 1 aliphatic rings. The summed E-state index contributed by atoms with van der Waals surface area (Å²) in [6, 6.07) is 13.7. The van der Waals surface area contributed by atoms with Gasteiger partial charge in [0.2, 0.25) is 5.91 Å². The Labute approximate surface area is 204 Å². The lowest BCUT2D eigenvalue weighted by Crippen LogP contribution is -2.30. The van der Waals surface area contributed by atoms with Gasteiger partial charge in [-0.05, 0) is 54.5 Å². The summed E-state index contributed by atoms with van der Waals surface area (Å²) < 4.78 is 45.0. The lowest BCUT2D eigenvalue weighted by Gasteiger charge is -2.14. The predicted octanol–water partition coefficient (Wildman–Crippen LogP) is 5.94. The van der Waals surface area contributed by atoms with Gasteiger partial charge >= 0.3 is 6.18 Å². The number of nitrogens with zero attached hydrogens (tertiary/aromatic N) is 2. The molecular weight excluding hydrogens is 481 g/mol. The van der Waals surface area contributed by atoms with Crippen LogP contribution in [0.4, 0.5) is 18.9 Å². The van der Waals surface area contributed by atoms with E-state index in [1.165, 1.54) is 18.2 Å². The zero-order valence-electron chi connectivity index (χ0n) is 18.3. The van der Waals surface area contributed by atoms with E-state index in [-0.39, 0.29) is 5.69 Å². The monoisotopic (exact) mass is 500 g/mol. The predicted molar refractivity (Wildman–Crippen MR) is 129 cm³/mol. The number of nitrogens with one attached hydrogen (secondary N) is 2. The number of benzene rings is 2. The van der Waals surface area contributed by atoms with Crippen LogP contribution in [-0.4, -0.2) is 29.8 Å². The summed E-state index contributed by atoms with van der Waals surface area (Å²) in [7, 11) is 0. The van der Waals surface area contributed by atoms with E-state index in [1.54, 1.807) is 42.6 Å². The molecule has 2 aromatic carbocycles. The van der Waals surface area contributed by atoms with Gasteiger partial charge < -0.3 is 15.4 Å². The Hall–Kier alpha value is -3.85. The third-order valence-corrected chi connectivity index (χ3v) is 5.26. The number of aromatic nitrogens is 1. The highest BCUT2D eigenvalue weighted by atomic mass is 35.5. The lowest BCUT2D eigenvalue weighted by molar-refractivity contribution is -0.137. The standard InChI is InChI=1S/C25H20ClF3N4O2/c26-21-7-6-17(14-20(21)25(27,28)29)33-23(34)8-5-16-3-1-4-18(13-16)35-19-9-12-30-22(15-19)24-31-10-2-11-32-24/h1,3-9,12-15H,2,10-11H2,(H,31,32)(H,33,34). The molecule has 3 aromatic rings. The Kier molecular flexibility index (Phi) is 7.36. The van der Waals surface area contributed by atoms with Crippen LogP contribution in [0.15, 0.2) is 71.9 Å². The van der Waals surface area contributed by atoms with Crippen molar-refractivity contribution < 1.29 is 22.7 Å². The van der Waals surface area contributed by atoms with Crippen molar-refractivity contribution in [3.63, 3.8) is 0 Å². The molecule has 0 bridgehead atoms. The smallest absolute Gasteiger partial charge is 0.417 e. The maximum Gasteiger partial charge on any atom is 0.417 e. The number of halogens is 4. The van der Waals surface area contributed by atoms with Crippen molar-refractivity contribution in [1.29, 1.82) is 0 Å². The molecule has 1 amide bonds. The number of hydrogen-bond donors (Lipinski definition) is 2. The number of hydrogen-bond acceptors (Lipinski definition) is 5. The lowest BCUT2D eigenvalue weighted by atomic mass is 10.2. The van der Waals surface area contributed by atoms with E-state index in [9.17, 15) is 18.0 Å². The third kappa shape index (κ3) is 6.60. The molecule has 0 spiro atoms. The van der Waals surface area contributed by atoms with Crippen molar-refractivity contribution in [2.75, 3.05) is 18.4 Å². The molecule has 0 saturated carbocycles. The fourth-order valence-corrected chi connectivity index (χ4v) is 3.53. The van der Waals surface area contributed by atoms with E-state index in [0.29, 0.717) is 22.8 Å². The molecule has 4 rings (SSSR count). The number of carbonyl (C=O) groups excluding carboxylic acids is 1. The van der Waals surface area contributed by atoms with Crippen LogP contribution in [0.2, 0.25) is 5.02 Å². The molecule has 6 nitrogen and oxygen atoms in total. The molecule has 1 aromatic heterocycles. The highest BCUT2D eigenvalue weighted by Crippen LogP contribution is 2.36. The van der Waals surface area contributed by atoms with Crippen LogP contribution in [0, 0.1) is 0 Å². The minimum atomic E-state index is -4.62. The fourth-order valence-electron chi connectivity index (χ4n) is 3.30. The number of aliphatic imine (C=N–C) groups is 1. The van der Waals surface area contributed by atoms with Crippen molar-refractivity contribution in [2.45, 2.75) is 12.6 Å². The van der Waals surface area contributed by atoms with Gasteiger partial charge in [-0.15, -0.1) is 0 Å². The number of pyridine rings is 1. The molecular formula is C25H20ClF3N4O2. The van der Waals surface area contributed by atoms with E-state index in [2.05, 4.69) is 20.6 Å². The number of rotatable bonds is 6. The quantitative estimate of drug-likeness (QED) is 0.411. The SMILES string of the molecule is O=C(C=Cc1cccc(Oc2ccnc(C3=NCCCN3)c2)c1)Nc1ccc(Cl)c(C(F)(F)F)c1. The molecule has 0 saturated heterocycles. The number of ether oxygens (including phenoxy) is 1. The Morgan fingerprint density at radius 2 is 1.94 bits per heavy atom. The molecule has 0 radical (unpaired) electrons. The van der Waals surface area contributed by atoms with Crippen molar-refractivity contribution in [1.82, 2.24) is 10.3 Å². The summed E-state index contributed by atoms with van der Waals surface area (Å²) in [6.45, 7) is 1.59. The molecule has 2 heterocycles. The maximum atomic E-state index is 13.0. The first-order valence-electron chi connectivity index (χ1n) is 10.7. The van der Waals surface area contributed by atoms with Gasteiger partial charge in [-0.25, -0.2) is 0 Å². The van der Waals surface area contributed by atoms with E-state index in [0.717, 1.165) is 37.5 Å².